The molecule has 7 nitrogen and oxygen atoms in total. The Labute approximate surface area is 184 Å². The van der Waals surface area contributed by atoms with Gasteiger partial charge in [0.05, 0.1) is 19.4 Å². The molecule has 0 amide bonds. The van der Waals surface area contributed by atoms with Crippen LogP contribution in [-0.2, 0) is 6.54 Å². The van der Waals surface area contributed by atoms with Crippen LogP contribution in [0.2, 0.25) is 0 Å². The van der Waals surface area contributed by atoms with Gasteiger partial charge in [-0.1, -0.05) is 6.92 Å². The van der Waals surface area contributed by atoms with Crippen LogP contribution in [0.5, 0.6) is 11.5 Å². The van der Waals surface area contributed by atoms with Gasteiger partial charge in [-0.3, -0.25) is 9.67 Å². The van der Waals surface area contributed by atoms with Gasteiger partial charge in [0.15, 0.2) is 17.5 Å². The predicted molar refractivity (Wildman–Crippen MR) is 125 cm³/mol. The summed E-state index contributed by atoms with van der Waals surface area (Å²) in [6.07, 6.45) is 0. The topological polar surface area (TPSA) is 72.7 Å². The average Bonchev–Trinajstić information content (AvgIpc) is 2.96. The molecule has 0 spiro atoms. The highest BCUT2D eigenvalue weighted by molar-refractivity contribution is 14.0. The molecule has 2 rings (SSSR count). The summed E-state index contributed by atoms with van der Waals surface area (Å²) < 4.78 is 13.0. The maximum absolute atomic E-state index is 5.63. The number of halogens is 1. The third-order valence-corrected chi connectivity index (χ3v) is 4.16. The van der Waals surface area contributed by atoms with Crippen molar-refractivity contribution in [3.63, 3.8) is 0 Å². The van der Waals surface area contributed by atoms with Gasteiger partial charge in [-0.15, -0.1) is 24.0 Å². The molecule has 1 aromatic heterocycles. The quantitative estimate of drug-likeness (QED) is 0.327. The summed E-state index contributed by atoms with van der Waals surface area (Å²) in [6.45, 7) is 10.5. The number of rotatable bonds is 8. The number of aliphatic imine (C=N–C) groups is 1. The summed E-state index contributed by atoms with van der Waals surface area (Å²) in [5.74, 6) is 2.53. The van der Waals surface area contributed by atoms with Crippen LogP contribution in [0.4, 0.5) is 5.69 Å². The second-order valence-electron chi connectivity index (χ2n) is 6.59. The van der Waals surface area contributed by atoms with Crippen LogP contribution in [-0.4, -0.2) is 43.0 Å². The highest BCUT2D eigenvalue weighted by atomic mass is 127. The molecule has 0 aliphatic carbocycles. The first-order chi connectivity index (χ1) is 13.0. The van der Waals surface area contributed by atoms with Crippen LogP contribution in [0, 0.1) is 19.8 Å². The minimum Gasteiger partial charge on any atom is -0.493 e. The van der Waals surface area contributed by atoms with Crippen molar-refractivity contribution in [1.29, 1.82) is 0 Å². The molecule has 0 fully saturated rings. The number of benzene rings is 1. The van der Waals surface area contributed by atoms with Gasteiger partial charge in [0.25, 0.3) is 0 Å². The maximum atomic E-state index is 5.63. The first-order valence-electron chi connectivity index (χ1n) is 9.26. The zero-order valence-electron chi connectivity index (χ0n) is 17.6. The average molecular weight is 501 g/mol. The molecule has 156 valence electrons. The molecule has 0 saturated heterocycles. The van der Waals surface area contributed by atoms with E-state index in [9.17, 15) is 0 Å². The van der Waals surface area contributed by atoms with E-state index in [1.54, 1.807) is 14.2 Å². The van der Waals surface area contributed by atoms with E-state index < -0.39 is 0 Å². The molecule has 1 aromatic carbocycles. The second-order valence-corrected chi connectivity index (χ2v) is 6.59. The van der Waals surface area contributed by atoms with E-state index in [1.807, 2.05) is 32.0 Å². The summed E-state index contributed by atoms with van der Waals surface area (Å²) in [4.78, 5) is 4.30. The third kappa shape index (κ3) is 6.88. The number of guanidine groups is 1. The van der Waals surface area contributed by atoms with Gasteiger partial charge in [0, 0.05) is 37.6 Å². The first kappa shape index (κ1) is 24.1. The van der Waals surface area contributed by atoms with Crippen LogP contribution in [0.3, 0.4) is 0 Å². The second kappa shape index (κ2) is 11.8. The molecule has 0 radical (unpaired) electrons. The van der Waals surface area contributed by atoms with Gasteiger partial charge < -0.3 is 20.1 Å². The lowest BCUT2D eigenvalue weighted by molar-refractivity contribution is 0.311. The Morgan fingerprint density at radius 3 is 2.57 bits per heavy atom. The lowest BCUT2D eigenvalue weighted by Gasteiger charge is -2.17. The Morgan fingerprint density at radius 1 is 1.25 bits per heavy atom. The lowest BCUT2D eigenvalue weighted by atomic mass is 10.2. The van der Waals surface area contributed by atoms with E-state index in [1.165, 1.54) is 5.69 Å². The van der Waals surface area contributed by atoms with Crippen LogP contribution in [0.25, 0.3) is 0 Å². The number of anilines is 1. The summed E-state index contributed by atoms with van der Waals surface area (Å²) in [6, 6.07) is 7.83. The Balaban J connectivity index is 0.00000392. The van der Waals surface area contributed by atoms with Crippen molar-refractivity contribution in [2.75, 3.05) is 32.6 Å². The van der Waals surface area contributed by atoms with Crippen molar-refractivity contribution in [3.8, 4) is 11.5 Å². The number of aryl methyl sites for hydroxylation is 2. The molecule has 0 saturated carbocycles. The molecule has 0 bridgehead atoms. The fourth-order valence-corrected chi connectivity index (χ4v) is 2.83. The van der Waals surface area contributed by atoms with Gasteiger partial charge in [-0.2, -0.15) is 5.10 Å². The van der Waals surface area contributed by atoms with Gasteiger partial charge in [0.1, 0.15) is 0 Å². The van der Waals surface area contributed by atoms with Crippen molar-refractivity contribution in [2.24, 2.45) is 10.9 Å². The van der Waals surface area contributed by atoms with Crippen molar-refractivity contribution < 1.29 is 9.47 Å². The van der Waals surface area contributed by atoms with E-state index in [4.69, 9.17) is 9.47 Å². The summed E-state index contributed by atoms with van der Waals surface area (Å²) in [5.41, 5.74) is 3.12. The van der Waals surface area contributed by atoms with Gasteiger partial charge >= 0.3 is 0 Å². The Morgan fingerprint density at radius 2 is 2.00 bits per heavy atom. The molecule has 8 heteroatoms. The lowest BCUT2D eigenvalue weighted by Crippen LogP contribution is -2.35. The third-order valence-electron chi connectivity index (χ3n) is 4.16. The predicted octanol–water partition coefficient (Wildman–Crippen LogP) is 3.85. The summed E-state index contributed by atoms with van der Waals surface area (Å²) >= 11 is 0. The zero-order valence-corrected chi connectivity index (χ0v) is 19.9. The highest BCUT2D eigenvalue weighted by Crippen LogP contribution is 2.30. The SMILES string of the molecule is CCOc1cc(NC(=NC)NCC(C)Cn2nc(C)cc2C)ccc1OC.I. The maximum Gasteiger partial charge on any atom is 0.195 e. The number of nitrogens with one attached hydrogen (secondary N) is 2. The molecule has 0 aliphatic heterocycles. The van der Waals surface area contributed by atoms with Crippen LogP contribution in [0.1, 0.15) is 25.2 Å². The summed E-state index contributed by atoms with van der Waals surface area (Å²) in [5, 5.41) is 11.2. The fourth-order valence-electron chi connectivity index (χ4n) is 2.83. The van der Waals surface area contributed by atoms with Crippen molar-refractivity contribution in [1.82, 2.24) is 15.1 Å². The number of nitrogens with zero attached hydrogens (tertiary/aromatic N) is 3. The number of hydrogen-bond acceptors (Lipinski definition) is 4. The molecule has 2 aromatic rings. The normalized spacial score (nSPS) is 12.1. The number of aromatic nitrogens is 2. The molecular formula is C20H32IN5O2. The largest absolute Gasteiger partial charge is 0.493 e. The van der Waals surface area contributed by atoms with E-state index in [-0.39, 0.29) is 24.0 Å². The number of ether oxygens (including phenoxy) is 2. The minimum absolute atomic E-state index is 0. The van der Waals surface area contributed by atoms with Crippen LogP contribution >= 0.6 is 24.0 Å². The monoisotopic (exact) mass is 501 g/mol. The van der Waals surface area contributed by atoms with Crippen LogP contribution < -0.4 is 20.1 Å². The number of methoxy groups -OCH3 is 1. The Kier molecular flexibility index (Phi) is 10.1. The van der Waals surface area contributed by atoms with Crippen molar-refractivity contribution in [2.45, 2.75) is 34.2 Å². The first-order valence-corrected chi connectivity index (χ1v) is 9.26. The highest BCUT2D eigenvalue weighted by Gasteiger charge is 2.10. The van der Waals surface area contributed by atoms with Gasteiger partial charge in [-0.05, 0) is 44.9 Å². The molecule has 1 unspecified atom stereocenters. The molecule has 1 atom stereocenters. The molecule has 0 aliphatic rings. The Hall–Kier alpha value is -1.97. The van der Waals surface area contributed by atoms with E-state index in [0.717, 1.165) is 24.5 Å². The molecule has 1 heterocycles. The van der Waals surface area contributed by atoms with E-state index >= 15 is 0 Å². The van der Waals surface area contributed by atoms with Gasteiger partial charge in [0.2, 0.25) is 0 Å². The van der Waals surface area contributed by atoms with E-state index in [2.05, 4.69) is 45.3 Å². The minimum atomic E-state index is 0. The molecule has 2 N–H and O–H groups in total. The number of hydrogen-bond donors (Lipinski definition) is 2. The van der Waals surface area contributed by atoms with Crippen LogP contribution in [0.15, 0.2) is 29.3 Å². The zero-order chi connectivity index (χ0) is 19.8. The van der Waals surface area contributed by atoms with Crippen molar-refractivity contribution >= 4 is 35.6 Å². The van der Waals surface area contributed by atoms with Gasteiger partial charge in [-0.25, -0.2) is 0 Å². The summed E-state index contributed by atoms with van der Waals surface area (Å²) in [7, 11) is 3.39. The van der Waals surface area contributed by atoms with Crippen molar-refractivity contribution in [3.05, 3.63) is 35.7 Å². The molecule has 28 heavy (non-hydrogen) atoms. The fraction of sp³-hybridized carbons (Fsp3) is 0.500. The standard InChI is InChI=1S/C20H31N5O2.HI/c1-7-27-19-11-17(8-9-18(19)26-6)23-20(21-5)22-12-14(2)13-25-16(4)10-15(3)24-25;/h8-11,14H,7,12-13H2,1-6H3,(H2,21,22,23);1H. The Bertz CT molecular complexity index is 776. The smallest absolute Gasteiger partial charge is 0.195 e. The van der Waals surface area contributed by atoms with E-state index in [0.29, 0.717) is 30.0 Å². The molecular weight excluding hydrogens is 469 g/mol.